The number of nitriles is 1. The maximum Gasteiger partial charge on any atom is 0.255 e. The minimum atomic E-state index is -1.60. The number of nitrogens with zero attached hydrogens (tertiary/aromatic N) is 2. The Morgan fingerprint density at radius 1 is 1.14 bits per heavy atom. The van der Waals surface area contributed by atoms with E-state index in [-0.39, 0.29) is 34.4 Å². The summed E-state index contributed by atoms with van der Waals surface area (Å²) in [6.07, 6.45) is 3.12. The number of nitrogens with one attached hydrogen (secondary N) is 1. The van der Waals surface area contributed by atoms with E-state index in [1.165, 1.54) is 17.8 Å². The summed E-state index contributed by atoms with van der Waals surface area (Å²) in [6, 6.07) is 18.4. The predicted molar refractivity (Wildman–Crippen MR) is 169 cm³/mol. The molecule has 1 fully saturated rings. The lowest BCUT2D eigenvalue weighted by Gasteiger charge is -2.28. The molecule has 1 heterocycles. The summed E-state index contributed by atoms with van der Waals surface area (Å²) in [5, 5.41) is 14.7. The smallest absolute Gasteiger partial charge is 0.255 e. The van der Waals surface area contributed by atoms with Crippen molar-refractivity contribution in [2.24, 2.45) is 17.8 Å². The van der Waals surface area contributed by atoms with E-state index in [9.17, 15) is 23.2 Å². The first-order chi connectivity index (χ1) is 21.0. The van der Waals surface area contributed by atoms with Crippen LogP contribution in [0.15, 0.2) is 77.2 Å². The van der Waals surface area contributed by atoms with Crippen LogP contribution in [0.4, 0.5) is 18.9 Å². The molecular weight excluding hydrogens is 607 g/mol. The quantitative estimate of drug-likeness (QED) is 0.129. The molecule has 232 valence electrons. The number of hydrogen-bond donors (Lipinski definition) is 1. The molecule has 1 amide bonds. The monoisotopic (exact) mass is 641 g/mol. The largest absolute Gasteiger partial charge is 0.322 e. The van der Waals surface area contributed by atoms with Crippen LogP contribution in [0.2, 0.25) is 5.02 Å². The van der Waals surface area contributed by atoms with Crippen molar-refractivity contribution in [1.29, 1.82) is 5.26 Å². The van der Waals surface area contributed by atoms with E-state index in [2.05, 4.69) is 38.2 Å². The molecule has 10 heteroatoms. The summed E-state index contributed by atoms with van der Waals surface area (Å²) in [5.41, 5.74) is 2.19. The molecule has 1 aliphatic rings. The number of benzene rings is 3. The summed E-state index contributed by atoms with van der Waals surface area (Å²) >= 11 is 8.07. The Morgan fingerprint density at radius 3 is 2.45 bits per heavy atom. The van der Waals surface area contributed by atoms with Crippen molar-refractivity contribution < 1.29 is 22.8 Å². The van der Waals surface area contributed by atoms with Gasteiger partial charge in [-0.15, -0.1) is 11.8 Å². The highest BCUT2D eigenvalue weighted by Crippen LogP contribution is 2.38. The minimum Gasteiger partial charge on any atom is -0.322 e. The van der Waals surface area contributed by atoms with E-state index in [4.69, 9.17) is 16.4 Å². The van der Waals surface area contributed by atoms with Crippen LogP contribution < -0.4 is 5.32 Å². The molecule has 0 saturated carbocycles. The first kappa shape index (κ1) is 33.6. The van der Waals surface area contributed by atoms with Crippen molar-refractivity contribution in [2.45, 2.75) is 56.8 Å². The van der Waals surface area contributed by atoms with Crippen LogP contribution in [0.25, 0.3) is 0 Å². The van der Waals surface area contributed by atoms with Gasteiger partial charge in [-0.25, -0.2) is 13.2 Å². The summed E-state index contributed by atoms with van der Waals surface area (Å²) in [6.45, 7) is 9.36. The number of halogens is 4. The average molecular weight is 642 g/mol. The fourth-order valence-corrected chi connectivity index (χ4v) is 6.73. The lowest BCUT2D eigenvalue weighted by Crippen LogP contribution is -2.33. The predicted octanol–water partition coefficient (Wildman–Crippen LogP) is 9.05. The number of hydroxylamine groups is 2. The molecule has 0 radical (unpaired) electrons. The van der Waals surface area contributed by atoms with Gasteiger partial charge in [-0.05, 0) is 48.9 Å². The Labute approximate surface area is 266 Å². The van der Waals surface area contributed by atoms with Gasteiger partial charge in [0.15, 0.2) is 17.5 Å². The summed E-state index contributed by atoms with van der Waals surface area (Å²) in [5.74, 6) is -4.80. The Morgan fingerprint density at radius 2 is 1.82 bits per heavy atom. The number of carbonyl (C=O) groups excluding carboxylic acids is 1. The summed E-state index contributed by atoms with van der Waals surface area (Å²) in [4.78, 5) is 19.6. The molecule has 5 nitrogen and oxygen atoms in total. The van der Waals surface area contributed by atoms with E-state index >= 15 is 0 Å². The minimum absolute atomic E-state index is 0.0360. The molecule has 1 N–H and O–H groups in total. The Hall–Kier alpha value is -3.29. The zero-order chi connectivity index (χ0) is 32.0. The second-order valence-corrected chi connectivity index (χ2v) is 13.2. The number of anilines is 1. The van der Waals surface area contributed by atoms with Crippen molar-refractivity contribution in [3.05, 3.63) is 106 Å². The van der Waals surface area contributed by atoms with Gasteiger partial charge >= 0.3 is 0 Å². The number of thioether (sulfide) groups is 1. The maximum absolute atomic E-state index is 13.7. The van der Waals surface area contributed by atoms with Crippen LogP contribution in [-0.4, -0.2) is 28.9 Å². The fraction of sp³-hybridized carbons (Fsp3) is 0.353. The molecule has 44 heavy (non-hydrogen) atoms. The molecule has 4 rings (SSSR count). The zero-order valence-electron chi connectivity index (χ0n) is 25.0. The van der Waals surface area contributed by atoms with Gasteiger partial charge in [0, 0.05) is 40.1 Å². The van der Waals surface area contributed by atoms with E-state index in [0.717, 1.165) is 29.7 Å². The Kier molecular flexibility index (Phi) is 11.6. The van der Waals surface area contributed by atoms with Crippen LogP contribution in [0.1, 0.15) is 50.0 Å². The third-order valence-corrected chi connectivity index (χ3v) is 9.25. The Bertz CT molecular complexity index is 1520. The molecule has 3 aromatic carbocycles. The van der Waals surface area contributed by atoms with Gasteiger partial charge in [-0.2, -0.15) is 10.3 Å². The van der Waals surface area contributed by atoms with Crippen molar-refractivity contribution in [3.63, 3.8) is 0 Å². The van der Waals surface area contributed by atoms with Crippen LogP contribution in [0.5, 0.6) is 0 Å². The van der Waals surface area contributed by atoms with Crippen LogP contribution in [0.3, 0.4) is 0 Å². The van der Waals surface area contributed by atoms with Gasteiger partial charge in [0.05, 0.1) is 29.7 Å². The molecule has 0 spiro atoms. The first-order valence-corrected chi connectivity index (χ1v) is 15.7. The standard InChI is InChI=1S/C34H35ClF3N3O2S/c1-20(2)12-25(13-21(3)33-26(17-39)19-43-41(33)18-23-8-6-5-7-9-23)22(4)44-31-14-24(10-11-28(31)35)34(42)40-27-15-29(36)32(38)30(37)16-27/h5-11,13-16,20,22,25-26,33H,12,18-19H2,1-4H3,(H,40,42)/b21-13+. The second-order valence-electron chi connectivity index (χ2n) is 11.4. The Balaban J connectivity index is 1.54. The highest BCUT2D eigenvalue weighted by molar-refractivity contribution is 8.00. The second kappa shape index (κ2) is 15.1. The van der Waals surface area contributed by atoms with E-state index in [1.807, 2.05) is 42.3 Å². The number of allylic oxidation sites excluding steroid dienone is 1. The molecule has 0 aliphatic carbocycles. The fourth-order valence-electron chi connectivity index (χ4n) is 5.34. The van der Waals surface area contributed by atoms with Crippen LogP contribution >= 0.6 is 23.4 Å². The molecular formula is C34H35ClF3N3O2S. The SMILES string of the molecule is C/C(=C\C(CC(C)C)C(C)Sc1cc(C(=O)Nc2cc(F)c(F)c(F)c2)ccc1Cl)C1C(C#N)CON1Cc1ccccc1. The number of carbonyl (C=O) groups is 1. The van der Waals surface area contributed by atoms with Crippen molar-refractivity contribution >= 4 is 35.0 Å². The van der Waals surface area contributed by atoms with E-state index in [0.29, 0.717) is 29.0 Å². The zero-order valence-corrected chi connectivity index (χ0v) is 26.6. The highest BCUT2D eigenvalue weighted by atomic mass is 35.5. The van der Waals surface area contributed by atoms with Crippen molar-refractivity contribution in [1.82, 2.24) is 5.06 Å². The van der Waals surface area contributed by atoms with Gasteiger partial charge < -0.3 is 5.32 Å². The lowest BCUT2D eigenvalue weighted by atomic mass is 9.88. The van der Waals surface area contributed by atoms with Gasteiger partial charge in [0.25, 0.3) is 5.91 Å². The van der Waals surface area contributed by atoms with Gasteiger partial charge in [0.1, 0.15) is 0 Å². The number of rotatable bonds is 11. The third kappa shape index (κ3) is 8.45. The molecule has 1 saturated heterocycles. The van der Waals surface area contributed by atoms with Crippen molar-refractivity contribution in [3.8, 4) is 6.07 Å². The third-order valence-electron chi connectivity index (χ3n) is 7.50. The highest BCUT2D eigenvalue weighted by Gasteiger charge is 2.37. The van der Waals surface area contributed by atoms with E-state index < -0.39 is 23.4 Å². The summed E-state index contributed by atoms with van der Waals surface area (Å²) in [7, 11) is 0. The van der Waals surface area contributed by atoms with Gasteiger partial charge in [0.2, 0.25) is 0 Å². The molecule has 1 aliphatic heterocycles. The molecule has 0 aromatic heterocycles. The number of hydrogen-bond acceptors (Lipinski definition) is 5. The first-order valence-electron chi connectivity index (χ1n) is 14.4. The normalized spacial score (nSPS) is 18.7. The summed E-state index contributed by atoms with van der Waals surface area (Å²) < 4.78 is 40.6. The van der Waals surface area contributed by atoms with Gasteiger partial charge in [-0.1, -0.05) is 74.4 Å². The van der Waals surface area contributed by atoms with Crippen molar-refractivity contribution in [2.75, 3.05) is 11.9 Å². The molecule has 3 aromatic rings. The lowest BCUT2D eigenvalue weighted by molar-refractivity contribution is -0.133. The molecule has 4 atom stereocenters. The van der Waals surface area contributed by atoms with E-state index in [1.54, 1.807) is 12.1 Å². The average Bonchev–Trinajstić information content (AvgIpc) is 3.39. The van der Waals surface area contributed by atoms with Crippen LogP contribution in [0, 0.1) is 46.5 Å². The number of amides is 1. The van der Waals surface area contributed by atoms with Crippen LogP contribution in [-0.2, 0) is 11.4 Å². The maximum atomic E-state index is 13.7. The molecule has 4 unspecified atom stereocenters. The topological polar surface area (TPSA) is 65.4 Å². The van der Waals surface area contributed by atoms with Gasteiger partial charge in [-0.3, -0.25) is 9.63 Å². The molecule has 0 bridgehead atoms.